The van der Waals surface area contributed by atoms with Crippen molar-refractivity contribution in [3.63, 3.8) is 0 Å². The average molecular weight is 239 g/mol. The van der Waals surface area contributed by atoms with Crippen LogP contribution in [0.3, 0.4) is 0 Å². The molecule has 16 heavy (non-hydrogen) atoms. The molecule has 1 unspecified atom stereocenters. The van der Waals surface area contributed by atoms with E-state index in [4.69, 9.17) is 0 Å². The van der Waals surface area contributed by atoms with E-state index in [1.165, 1.54) is 5.56 Å². The molecule has 0 saturated carbocycles. The maximum absolute atomic E-state index is 4.54. The maximum atomic E-state index is 4.54. The van der Waals surface area contributed by atoms with Crippen LogP contribution in [0.5, 0.6) is 0 Å². The molecule has 90 valence electrons. The summed E-state index contributed by atoms with van der Waals surface area (Å²) in [6, 6.07) is 0.312. The smallest absolute Gasteiger partial charge is 0.138 e. The molecular weight excluding hydrogens is 218 g/mol. The van der Waals surface area contributed by atoms with Crippen molar-refractivity contribution in [1.29, 1.82) is 0 Å². The highest BCUT2D eigenvalue weighted by atomic mass is 32.2. The van der Waals surface area contributed by atoms with E-state index in [-0.39, 0.29) is 0 Å². The molecule has 1 aromatic heterocycles. The lowest BCUT2D eigenvalue weighted by Crippen LogP contribution is -2.15. The van der Waals surface area contributed by atoms with Crippen molar-refractivity contribution in [3.05, 3.63) is 23.3 Å². The van der Waals surface area contributed by atoms with Crippen LogP contribution >= 0.6 is 11.8 Å². The zero-order chi connectivity index (χ0) is 12.1. The standard InChI is InChI=1S/C12H21N3S/c1-8(2)16-7-12-14-6-11(9(3)13-5)10(4)15-12/h6,8-9,13H,7H2,1-5H3. The molecule has 1 heterocycles. The van der Waals surface area contributed by atoms with Crippen LogP contribution in [0.15, 0.2) is 6.20 Å². The van der Waals surface area contributed by atoms with E-state index in [1.807, 2.05) is 31.9 Å². The minimum absolute atomic E-state index is 0.312. The van der Waals surface area contributed by atoms with Crippen molar-refractivity contribution in [2.24, 2.45) is 0 Å². The van der Waals surface area contributed by atoms with Crippen molar-refractivity contribution >= 4 is 11.8 Å². The summed E-state index contributed by atoms with van der Waals surface area (Å²) >= 11 is 1.87. The Morgan fingerprint density at radius 2 is 2.06 bits per heavy atom. The van der Waals surface area contributed by atoms with E-state index in [2.05, 4.69) is 36.1 Å². The summed E-state index contributed by atoms with van der Waals surface area (Å²) in [7, 11) is 1.95. The van der Waals surface area contributed by atoms with Gasteiger partial charge in [0.25, 0.3) is 0 Å². The lowest BCUT2D eigenvalue weighted by Gasteiger charge is -2.13. The van der Waals surface area contributed by atoms with E-state index >= 15 is 0 Å². The number of nitrogens with one attached hydrogen (secondary N) is 1. The fourth-order valence-electron chi connectivity index (χ4n) is 1.42. The van der Waals surface area contributed by atoms with Gasteiger partial charge in [-0.15, -0.1) is 0 Å². The first-order valence-corrected chi connectivity index (χ1v) is 6.70. The van der Waals surface area contributed by atoms with E-state index in [1.54, 1.807) is 0 Å². The van der Waals surface area contributed by atoms with Gasteiger partial charge in [0.15, 0.2) is 0 Å². The zero-order valence-corrected chi connectivity index (χ0v) is 11.6. The number of rotatable bonds is 5. The number of hydrogen-bond donors (Lipinski definition) is 1. The lowest BCUT2D eigenvalue weighted by atomic mass is 10.1. The Kier molecular flexibility index (Phi) is 5.22. The van der Waals surface area contributed by atoms with Crippen LogP contribution in [-0.2, 0) is 5.75 Å². The van der Waals surface area contributed by atoms with Crippen LogP contribution in [0.2, 0.25) is 0 Å². The molecule has 0 spiro atoms. The van der Waals surface area contributed by atoms with Crippen LogP contribution < -0.4 is 5.32 Å². The molecule has 0 aliphatic carbocycles. The third kappa shape index (κ3) is 3.76. The van der Waals surface area contributed by atoms with Gasteiger partial charge in [-0.2, -0.15) is 11.8 Å². The van der Waals surface area contributed by atoms with Crippen LogP contribution in [0.25, 0.3) is 0 Å². The highest BCUT2D eigenvalue weighted by molar-refractivity contribution is 7.99. The van der Waals surface area contributed by atoms with Gasteiger partial charge >= 0.3 is 0 Å². The summed E-state index contributed by atoms with van der Waals surface area (Å²) in [5.74, 6) is 1.83. The van der Waals surface area contributed by atoms with Crippen molar-refractivity contribution in [2.45, 2.75) is 44.7 Å². The molecule has 1 atom stereocenters. The van der Waals surface area contributed by atoms with E-state index in [0.717, 1.165) is 17.3 Å². The van der Waals surface area contributed by atoms with Gasteiger partial charge in [0, 0.05) is 23.5 Å². The second kappa shape index (κ2) is 6.21. The minimum Gasteiger partial charge on any atom is -0.313 e. The average Bonchev–Trinajstić information content (AvgIpc) is 2.25. The summed E-state index contributed by atoms with van der Waals surface area (Å²) in [5.41, 5.74) is 2.26. The maximum Gasteiger partial charge on any atom is 0.138 e. The van der Waals surface area contributed by atoms with E-state index < -0.39 is 0 Å². The first-order valence-electron chi connectivity index (χ1n) is 5.66. The molecule has 0 amide bonds. The fraction of sp³-hybridized carbons (Fsp3) is 0.667. The molecule has 0 saturated heterocycles. The summed E-state index contributed by atoms with van der Waals surface area (Å²) in [6.07, 6.45) is 1.94. The molecule has 0 aliphatic heterocycles. The van der Waals surface area contributed by atoms with Gasteiger partial charge in [-0.05, 0) is 26.1 Å². The molecule has 0 radical (unpaired) electrons. The Labute approximate surface area is 102 Å². The zero-order valence-electron chi connectivity index (χ0n) is 10.7. The summed E-state index contributed by atoms with van der Waals surface area (Å²) in [4.78, 5) is 8.95. The molecule has 0 bridgehead atoms. The Morgan fingerprint density at radius 3 is 2.56 bits per heavy atom. The van der Waals surface area contributed by atoms with Gasteiger partial charge in [0.05, 0.1) is 5.75 Å². The quantitative estimate of drug-likeness (QED) is 0.857. The first kappa shape index (κ1) is 13.5. The molecule has 1 aromatic rings. The molecule has 0 aliphatic rings. The van der Waals surface area contributed by atoms with Crippen LogP contribution in [0, 0.1) is 6.92 Å². The molecule has 0 fully saturated rings. The Morgan fingerprint density at radius 1 is 1.38 bits per heavy atom. The lowest BCUT2D eigenvalue weighted by molar-refractivity contribution is 0.639. The predicted octanol–water partition coefficient (Wildman–Crippen LogP) is 2.71. The van der Waals surface area contributed by atoms with E-state index in [9.17, 15) is 0 Å². The van der Waals surface area contributed by atoms with Gasteiger partial charge in [-0.3, -0.25) is 0 Å². The van der Waals surface area contributed by atoms with Gasteiger partial charge in [0.1, 0.15) is 5.82 Å². The third-order valence-corrected chi connectivity index (χ3v) is 3.60. The highest BCUT2D eigenvalue weighted by Gasteiger charge is 2.09. The van der Waals surface area contributed by atoms with Gasteiger partial charge in [-0.25, -0.2) is 9.97 Å². The minimum atomic E-state index is 0.312. The van der Waals surface area contributed by atoms with Crippen LogP contribution in [0.4, 0.5) is 0 Å². The summed E-state index contributed by atoms with van der Waals surface area (Å²) < 4.78 is 0. The van der Waals surface area contributed by atoms with Gasteiger partial charge in [-0.1, -0.05) is 13.8 Å². The highest BCUT2D eigenvalue weighted by Crippen LogP contribution is 2.18. The molecule has 4 heteroatoms. The van der Waals surface area contributed by atoms with Crippen molar-refractivity contribution in [2.75, 3.05) is 7.05 Å². The second-order valence-corrected chi connectivity index (χ2v) is 5.76. The first-order chi connectivity index (χ1) is 7.54. The normalized spacial score (nSPS) is 13.1. The van der Waals surface area contributed by atoms with Crippen LogP contribution in [-0.4, -0.2) is 22.3 Å². The molecule has 1 rings (SSSR count). The number of aromatic nitrogens is 2. The Hall–Kier alpha value is -0.610. The molecule has 3 nitrogen and oxygen atoms in total. The van der Waals surface area contributed by atoms with Crippen molar-refractivity contribution in [3.8, 4) is 0 Å². The van der Waals surface area contributed by atoms with Crippen molar-refractivity contribution in [1.82, 2.24) is 15.3 Å². The largest absolute Gasteiger partial charge is 0.313 e. The van der Waals surface area contributed by atoms with Gasteiger partial charge < -0.3 is 5.32 Å². The van der Waals surface area contributed by atoms with Gasteiger partial charge in [0.2, 0.25) is 0 Å². The number of nitrogens with zero attached hydrogens (tertiary/aromatic N) is 2. The molecule has 1 N–H and O–H groups in total. The summed E-state index contributed by atoms with van der Waals surface area (Å²) in [6.45, 7) is 8.55. The molecule has 0 aromatic carbocycles. The molecular formula is C12H21N3S. The predicted molar refractivity (Wildman–Crippen MR) is 70.7 cm³/mol. The SMILES string of the molecule is CNC(C)c1cnc(CSC(C)C)nc1C. The van der Waals surface area contributed by atoms with Crippen molar-refractivity contribution < 1.29 is 0 Å². The Balaban J connectivity index is 2.74. The third-order valence-electron chi connectivity index (χ3n) is 2.51. The monoisotopic (exact) mass is 239 g/mol. The second-order valence-electron chi connectivity index (χ2n) is 4.20. The topological polar surface area (TPSA) is 37.8 Å². The number of thioether (sulfide) groups is 1. The Bertz CT molecular complexity index is 339. The number of hydrogen-bond acceptors (Lipinski definition) is 4. The van der Waals surface area contributed by atoms with Crippen LogP contribution in [0.1, 0.15) is 43.9 Å². The van der Waals surface area contributed by atoms with E-state index in [0.29, 0.717) is 11.3 Å². The fourth-order valence-corrected chi connectivity index (χ4v) is 2.04. The summed E-state index contributed by atoms with van der Waals surface area (Å²) in [5, 5.41) is 3.83. The number of aryl methyl sites for hydroxylation is 1.